The number of halogens is 2. The maximum atomic E-state index is 13.0. The molecule has 0 bridgehead atoms. The molecule has 8 nitrogen and oxygen atoms in total. The Morgan fingerprint density at radius 3 is 2.50 bits per heavy atom. The lowest BCUT2D eigenvalue weighted by Gasteiger charge is -2.37. The average molecular weight is 601 g/mol. The second-order valence-electron chi connectivity index (χ2n) is 10.0. The van der Waals surface area contributed by atoms with Crippen LogP contribution in [0.15, 0.2) is 85.3 Å². The highest BCUT2D eigenvalue weighted by Gasteiger charge is 2.40. The third-order valence-electron chi connectivity index (χ3n) is 7.34. The van der Waals surface area contributed by atoms with Gasteiger partial charge in [-0.05, 0) is 81.6 Å². The maximum absolute atomic E-state index is 13.0. The molecule has 0 fully saturated rings. The van der Waals surface area contributed by atoms with E-state index in [0.717, 1.165) is 58.2 Å². The molecule has 42 heavy (non-hydrogen) atoms. The van der Waals surface area contributed by atoms with Crippen molar-refractivity contribution >= 4 is 45.7 Å². The predicted octanol–water partition coefficient (Wildman–Crippen LogP) is 7.31. The molecule has 1 unspecified atom stereocenters. The molecule has 0 aliphatic heterocycles. The van der Waals surface area contributed by atoms with Gasteiger partial charge in [-0.15, -0.1) is 5.10 Å². The third-order valence-corrected chi connectivity index (χ3v) is 7.83. The molecule has 0 aliphatic carbocycles. The van der Waals surface area contributed by atoms with Gasteiger partial charge in [0.1, 0.15) is 5.54 Å². The van der Waals surface area contributed by atoms with E-state index in [9.17, 15) is 4.79 Å². The Labute approximate surface area is 254 Å². The molecule has 0 spiro atoms. The zero-order valence-electron chi connectivity index (χ0n) is 22.6. The molecule has 3 heterocycles. The van der Waals surface area contributed by atoms with E-state index in [1.54, 1.807) is 4.52 Å². The van der Waals surface area contributed by atoms with E-state index in [2.05, 4.69) is 43.4 Å². The Morgan fingerprint density at radius 2 is 1.76 bits per heavy atom. The molecule has 6 rings (SSSR count). The number of amides is 1. The number of benzene rings is 3. The van der Waals surface area contributed by atoms with Gasteiger partial charge in [-0.1, -0.05) is 74.3 Å². The van der Waals surface area contributed by atoms with Crippen molar-refractivity contribution in [2.45, 2.75) is 46.2 Å². The molecule has 1 N–H and O–H groups in total. The fraction of sp³-hybridized carbons (Fsp3) is 0.219. The number of tetrazole rings is 1. The van der Waals surface area contributed by atoms with Gasteiger partial charge in [0.25, 0.3) is 0 Å². The normalized spacial score (nSPS) is 12.7. The van der Waals surface area contributed by atoms with Crippen LogP contribution in [0.2, 0.25) is 10.0 Å². The smallest absolute Gasteiger partial charge is 0.218 e. The van der Waals surface area contributed by atoms with Gasteiger partial charge in [-0.2, -0.15) is 4.52 Å². The topological polar surface area (TPSA) is 90.0 Å². The van der Waals surface area contributed by atoms with Crippen LogP contribution >= 0.6 is 23.2 Å². The first-order valence-electron chi connectivity index (χ1n) is 13.4. The number of carbonyl (C=O) groups is 1. The fourth-order valence-electron chi connectivity index (χ4n) is 5.50. The highest BCUT2D eigenvalue weighted by atomic mass is 35.5. The zero-order valence-corrected chi connectivity index (χ0v) is 24.1. The summed E-state index contributed by atoms with van der Waals surface area (Å²) in [7, 11) is 0. The SMILES string of the molecule is C.CCCCn1cncc1C(NC(C)=O)(c1ccc(Cl)cc1)c1ccc2c(c1)c(-c1cccc(Cl)c1)cc1nnnn12. The summed E-state index contributed by atoms with van der Waals surface area (Å²) in [6, 6.07) is 23.3. The molecule has 1 amide bonds. The van der Waals surface area contributed by atoms with Crippen LogP contribution in [0.4, 0.5) is 0 Å². The number of hydrogen-bond acceptors (Lipinski definition) is 5. The summed E-state index contributed by atoms with van der Waals surface area (Å²) in [5, 5.41) is 17.8. The first-order chi connectivity index (χ1) is 19.9. The monoisotopic (exact) mass is 599 g/mol. The van der Waals surface area contributed by atoms with Crippen molar-refractivity contribution < 1.29 is 4.79 Å². The van der Waals surface area contributed by atoms with Crippen molar-refractivity contribution in [2.24, 2.45) is 0 Å². The van der Waals surface area contributed by atoms with E-state index >= 15 is 0 Å². The van der Waals surface area contributed by atoms with Crippen LogP contribution < -0.4 is 5.32 Å². The summed E-state index contributed by atoms with van der Waals surface area (Å²) in [6.07, 6.45) is 5.63. The molecule has 10 heteroatoms. The highest BCUT2D eigenvalue weighted by Crippen LogP contribution is 2.40. The number of nitrogens with zero attached hydrogens (tertiary/aromatic N) is 6. The number of aromatic nitrogens is 6. The second kappa shape index (κ2) is 11.9. The first-order valence-corrected chi connectivity index (χ1v) is 14.1. The van der Waals surface area contributed by atoms with Crippen LogP contribution in [0.5, 0.6) is 0 Å². The number of imidazole rings is 1. The fourth-order valence-corrected chi connectivity index (χ4v) is 5.82. The van der Waals surface area contributed by atoms with Crippen molar-refractivity contribution in [1.82, 2.24) is 34.9 Å². The van der Waals surface area contributed by atoms with Gasteiger partial charge < -0.3 is 9.88 Å². The van der Waals surface area contributed by atoms with E-state index in [1.165, 1.54) is 6.92 Å². The molecule has 0 radical (unpaired) electrons. The van der Waals surface area contributed by atoms with Crippen molar-refractivity contribution in [1.29, 1.82) is 0 Å². The van der Waals surface area contributed by atoms with Gasteiger partial charge in [-0.3, -0.25) is 4.79 Å². The summed E-state index contributed by atoms with van der Waals surface area (Å²) in [4.78, 5) is 17.5. The van der Waals surface area contributed by atoms with Gasteiger partial charge in [0.2, 0.25) is 5.91 Å². The minimum absolute atomic E-state index is 0. The molecule has 3 aromatic carbocycles. The maximum Gasteiger partial charge on any atom is 0.218 e. The second-order valence-corrected chi connectivity index (χ2v) is 10.9. The van der Waals surface area contributed by atoms with Crippen LogP contribution in [-0.2, 0) is 16.9 Å². The molecular formula is C32H31Cl2N7O. The highest BCUT2D eigenvalue weighted by molar-refractivity contribution is 6.31. The number of rotatable bonds is 8. The number of hydrogen-bond donors (Lipinski definition) is 1. The summed E-state index contributed by atoms with van der Waals surface area (Å²) in [5.74, 6) is -0.186. The minimum Gasteiger partial charge on any atom is -0.337 e. The van der Waals surface area contributed by atoms with Crippen LogP contribution in [-0.4, -0.2) is 35.5 Å². The van der Waals surface area contributed by atoms with Gasteiger partial charge >= 0.3 is 0 Å². The Balaban J connectivity index is 0.00000353. The number of carbonyl (C=O) groups excluding carboxylic acids is 1. The van der Waals surface area contributed by atoms with Crippen LogP contribution in [0, 0.1) is 0 Å². The Morgan fingerprint density at radius 1 is 0.976 bits per heavy atom. The summed E-state index contributed by atoms with van der Waals surface area (Å²) < 4.78 is 3.82. The largest absolute Gasteiger partial charge is 0.337 e. The minimum atomic E-state index is -1.07. The number of nitrogens with one attached hydrogen (secondary N) is 1. The first kappa shape index (κ1) is 29.2. The standard InChI is InChI=1S/C31H27Cl2N7O.CH4/c1-3-4-14-39-19-34-18-29(39)31(35-20(2)41,22-8-11-24(32)12-9-22)23-10-13-28-27(16-23)26(17-30-36-37-38-40(28)30)21-6-5-7-25(33)15-21;/h5-13,15-19H,3-4,14H2,1-2H3,(H,35,41);1H4. The van der Waals surface area contributed by atoms with Gasteiger partial charge in [-0.25, -0.2) is 4.98 Å². The summed E-state index contributed by atoms with van der Waals surface area (Å²) in [6.45, 7) is 4.44. The molecule has 214 valence electrons. The molecule has 1 atom stereocenters. The lowest BCUT2D eigenvalue weighted by atomic mass is 9.79. The molecular weight excluding hydrogens is 569 g/mol. The van der Waals surface area contributed by atoms with Crippen LogP contribution in [0.3, 0.4) is 0 Å². The Kier molecular flexibility index (Phi) is 8.29. The summed E-state index contributed by atoms with van der Waals surface area (Å²) in [5.41, 5.74) is 4.74. The third kappa shape index (κ3) is 5.12. The predicted molar refractivity (Wildman–Crippen MR) is 168 cm³/mol. The molecule has 0 aliphatic rings. The molecule has 0 saturated heterocycles. The zero-order chi connectivity index (χ0) is 28.6. The van der Waals surface area contributed by atoms with Crippen molar-refractivity contribution in [3.63, 3.8) is 0 Å². The van der Waals surface area contributed by atoms with Gasteiger partial charge in [0.05, 0.1) is 23.7 Å². The van der Waals surface area contributed by atoms with Crippen molar-refractivity contribution in [3.05, 3.63) is 112 Å². The van der Waals surface area contributed by atoms with E-state index in [-0.39, 0.29) is 13.3 Å². The van der Waals surface area contributed by atoms with Crippen molar-refractivity contribution in [2.75, 3.05) is 0 Å². The Bertz CT molecular complexity index is 1880. The Hall–Kier alpha value is -4.27. The van der Waals surface area contributed by atoms with Gasteiger partial charge in [0, 0.05) is 28.9 Å². The van der Waals surface area contributed by atoms with Crippen molar-refractivity contribution in [3.8, 4) is 11.1 Å². The van der Waals surface area contributed by atoms with E-state index in [4.69, 9.17) is 23.2 Å². The molecule has 6 aromatic rings. The quantitative estimate of drug-likeness (QED) is 0.198. The average Bonchev–Trinajstić information content (AvgIpc) is 3.64. The number of fused-ring (bicyclic) bond motifs is 3. The molecule has 0 saturated carbocycles. The van der Waals surface area contributed by atoms with E-state index < -0.39 is 5.54 Å². The van der Waals surface area contributed by atoms with Crippen LogP contribution in [0.25, 0.3) is 27.7 Å². The van der Waals surface area contributed by atoms with E-state index in [1.807, 2.05) is 79.3 Å². The lowest BCUT2D eigenvalue weighted by Crippen LogP contribution is -2.48. The van der Waals surface area contributed by atoms with Crippen LogP contribution in [0.1, 0.15) is 50.9 Å². The van der Waals surface area contributed by atoms with Gasteiger partial charge in [0.15, 0.2) is 5.65 Å². The summed E-state index contributed by atoms with van der Waals surface area (Å²) >= 11 is 12.7. The molecule has 3 aromatic heterocycles. The lowest BCUT2D eigenvalue weighted by molar-refractivity contribution is -0.120. The number of unbranched alkanes of at least 4 members (excludes halogenated alkanes) is 1. The number of aryl methyl sites for hydroxylation is 1. The number of pyridine rings is 1. The van der Waals surface area contributed by atoms with E-state index in [0.29, 0.717) is 15.7 Å².